The summed E-state index contributed by atoms with van der Waals surface area (Å²) in [5.41, 5.74) is 0.589. The Morgan fingerprint density at radius 1 is 1.25 bits per heavy atom. The van der Waals surface area contributed by atoms with Crippen LogP contribution in [0.2, 0.25) is 0 Å². The average molecular weight is 380 g/mol. The lowest BCUT2D eigenvalue weighted by molar-refractivity contribution is -0.125. The summed E-state index contributed by atoms with van der Waals surface area (Å²) in [6.07, 6.45) is 4.99. The number of rotatable bonds is 6. The number of hydrogen-bond donors (Lipinski definition) is 1. The molecule has 1 saturated heterocycles. The highest BCUT2D eigenvalue weighted by molar-refractivity contribution is 5.81. The molecule has 144 valence electrons. The third kappa shape index (κ3) is 3.75. The lowest BCUT2D eigenvalue weighted by atomic mass is 9.99. The van der Waals surface area contributed by atoms with Crippen LogP contribution in [0.4, 0.5) is 5.82 Å². The Kier molecular flexibility index (Phi) is 4.83. The molecule has 1 fully saturated rings. The topological polar surface area (TPSA) is 111 Å². The minimum absolute atomic E-state index is 0.0293. The third-order valence-electron chi connectivity index (χ3n) is 4.58. The zero-order valence-electron chi connectivity index (χ0n) is 15.4. The molecule has 10 heteroatoms. The molecule has 1 aliphatic rings. The third-order valence-corrected chi connectivity index (χ3v) is 4.58. The van der Waals surface area contributed by atoms with E-state index in [1.54, 1.807) is 16.9 Å². The van der Waals surface area contributed by atoms with Gasteiger partial charge in [0.05, 0.1) is 18.2 Å². The Labute approximate surface area is 160 Å². The first kappa shape index (κ1) is 17.8. The number of aromatic nitrogens is 6. The van der Waals surface area contributed by atoms with Crippen molar-refractivity contribution in [3.8, 4) is 5.82 Å². The summed E-state index contributed by atoms with van der Waals surface area (Å²) in [7, 11) is 0. The summed E-state index contributed by atoms with van der Waals surface area (Å²) in [6.45, 7) is 3.71. The molecule has 1 aliphatic heterocycles. The van der Waals surface area contributed by atoms with Gasteiger partial charge in [-0.2, -0.15) is 10.2 Å². The van der Waals surface area contributed by atoms with Crippen molar-refractivity contribution in [2.24, 2.45) is 5.92 Å². The molecular formula is C18H20N8O2. The Morgan fingerprint density at radius 2 is 2.07 bits per heavy atom. The van der Waals surface area contributed by atoms with Gasteiger partial charge >= 0.3 is 0 Å². The molecule has 0 atom stereocenters. The molecule has 0 bridgehead atoms. The summed E-state index contributed by atoms with van der Waals surface area (Å²) in [5.74, 6) is 1.31. The Morgan fingerprint density at radius 3 is 2.86 bits per heavy atom. The number of carbonyl (C=O) groups is 1. The summed E-state index contributed by atoms with van der Waals surface area (Å²) in [6, 6.07) is 6.82. The fourth-order valence-corrected chi connectivity index (χ4v) is 3.01. The fourth-order valence-electron chi connectivity index (χ4n) is 3.01. The van der Waals surface area contributed by atoms with E-state index in [0.29, 0.717) is 32.0 Å². The first-order valence-electron chi connectivity index (χ1n) is 8.99. The van der Waals surface area contributed by atoms with E-state index in [1.165, 1.54) is 17.1 Å². The second-order valence-electron chi connectivity index (χ2n) is 6.61. The number of aryl methyl sites for hydroxylation is 1. The molecule has 3 aromatic heterocycles. The van der Waals surface area contributed by atoms with E-state index in [0.717, 1.165) is 11.5 Å². The van der Waals surface area contributed by atoms with Gasteiger partial charge in [0, 0.05) is 44.2 Å². The van der Waals surface area contributed by atoms with Gasteiger partial charge in [-0.05, 0) is 19.1 Å². The van der Waals surface area contributed by atoms with Gasteiger partial charge in [-0.25, -0.2) is 19.3 Å². The number of carbonyl (C=O) groups excluding carboxylic acids is 1. The SMILES string of the molecule is Cc1ccc(=O)n(CCNC(=O)C2CN(c3cc(-n4cccn4)ncn3)C2)n1. The molecule has 0 spiro atoms. The number of nitrogens with one attached hydrogen (secondary N) is 1. The molecule has 1 amide bonds. The molecule has 0 saturated carbocycles. The molecule has 28 heavy (non-hydrogen) atoms. The van der Waals surface area contributed by atoms with E-state index < -0.39 is 0 Å². The molecule has 0 aliphatic carbocycles. The largest absolute Gasteiger partial charge is 0.355 e. The number of hydrogen-bond acceptors (Lipinski definition) is 7. The van der Waals surface area contributed by atoms with Gasteiger partial charge in [0.1, 0.15) is 12.1 Å². The van der Waals surface area contributed by atoms with E-state index in [9.17, 15) is 9.59 Å². The smallest absolute Gasteiger partial charge is 0.266 e. The van der Waals surface area contributed by atoms with Crippen LogP contribution in [0.15, 0.2) is 47.8 Å². The van der Waals surface area contributed by atoms with Gasteiger partial charge in [-0.3, -0.25) is 9.59 Å². The van der Waals surface area contributed by atoms with Crippen molar-refractivity contribution in [1.82, 2.24) is 34.8 Å². The standard InChI is InChI=1S/C18H20N8O2/c1-13-3-4-17(27)26(23-13)8-6-19-18(28)14-10-24(11-14)15-9-16(21-12-20-15)25-7-2-5-22-25/h2-5,7,9,12,14H,6,8,10-11H2,1H3,(H,19,28). The normalized spacial score (nSPS) is 14.0. The molecular weight excluding hydrogens is 360 g/mol. The van der Waals surface area contributed by atoms with Gasteiger partial charge in [0.25, 0.3) is 5.56 Å². The second kappa shape index (κ2) is 7.59. The van der Waals surface area contributed by atoms with Crippen molar-refractivity contribution in [1.29, 1.82) is 0 Å². The number of amides is 1. The molecule has 0 unspecified atom stereocenters. The van der Waals surface area contributed by atoms with Crippen LogP contribution in [-0.2, 0) is 11.3 Å². The zero-order chi connectivity index (χ0) is 19.5. The van der Waals surface area contributed by atoms with E-state index in [4.69, 9.17) is 0 Å². The number of anilines is 1. The van der Waals surface area contributed by atoms with Crippen LogP contribution in [0.25, 0.3) is 5.82 Å². The molecule has 0 aromatic carbocycles. The highest BCUT2D eigenvalue weighted by Crippen LogP contribution is 2.23. The number of nitrogens with zero attached hydrogens (tertiary/aromatic N) is 7. The van der Waals surface area contributed by atoms with Crippen molar-refractivity contribution in [2.45, 2.75) is 13.5 Å². The highest BCUT2D eigenvalue weighted by Gasteiger charge is 2.33. The first-order valence-corrected chi connectivity index (χ1v) is 8.99. The summed E-state index contributed by atoms with van der Waals surface area (Å²) in [4.78, 5) is 34.5. The van der Waals surface area contributed by atoms with E-state index in [2.05, 4.69) is 25.5 Å². The van der Waals surface area contributed by atoms with Crippen LogP contribution in [-0.4, -0.2) is 55.1 Å². The van der Waals surface area contributed by atoms with Gasteiger partial charge in [0.2, 0.25) is 5.91 Å². The molecule has 3 aromatic rings. The Hall–Kier alpha value is -3.56. The van der Waals surface area contributed by atoms with Crippen molar-refractivity contribution in [3.05, 3.63) is 59.0 Å². The molecule has 4 heterocycles. The molecule has 4 rings (SSSR count). The van der Waals surface area contributed by atoms with Crippen LogP contribution >= 0.6 is 0 Å². The Balaban J connectivity index is 1.28. The van der Waals surface area contributed by atoms with Crippen molar-refractivity contribution >= 4 is 11.7 Å². The van der Waals surface area contributed by atoms with Gasteiger partial charge in [-0.1, -0.05) is 0 Å². The lowest BCUT2D eigenvalue weighted by Gasteiger charge is -2.39. The van der Waals surface area contributed by atoms with Crippen LogP contribution in [0.5, 0.6) is 0 Å². The van der Waals surface area contributed by atoms with E-state index in [-0.39, 0.29) is 17.4 Å². The summed E-state index contributed by atoms with van der Waals surface area (Å²) >= 11 is 0. The van der Waals surface area contributed by atoms with Crippen LogP contribution in [0.1, 0.15) is 5.69 Å². The zero-order valence-corrected chi connectivity index (χ0v) is 15.4. The summed E-state index contributed by atoms with van der Waals surface area (Å²) in [5, 5.41) is 11.2. The second-order valence-corrected chi connectivity index (χ2v) is 6.61. The lowest BCUT2D eigenvalue weighted by Crippen LogP contribution is -2.54. The minimum Gasteiger partial charge on any atom is -0.355 e. The molecule has 0 radical (unpaired) electrons. The average Bonchev–Trinajstić information content (AvgIpc) is 3.18. The van der Waals surface area contributed by atoms with Crippen LogP contribution < -0.4 is 15.8 Å². The minimum atomic E-state index is -0.175. The maximum Gasteiger partial charge on any atom is 0.266 e. The van der Waals surface area contributed by atoms with Gasteiger partial charge in [0.15, 0.2) is 5.82 Å². The summed E-state index contributed by atoms with van der Waals surface area (Å²) < 4.78 is 3.02. The van der Waals surface area contributed by atoms with Crippen LogP contribution in [0, 0.1) is 12.8 Å². The predicted molar refractivity (Wildman–Crippen MR) is 101 cm³/mol. The molecule has 1 N–H and O–H groups in total. The van der Waals surface area contributed by atoms with Crippen molar-refractivity contribution in [3.63, 3.8) is 0 Å². The van der Waals surface area contributed by atoms with Crippen LogP contribution in [0.3, 0.4) is 0 Å². The van der Waals surface area contributed by atoms with Gasteiger partial charge in [-0.15, -0.1) is 0 Å². The molecule has 10 nitrogen and oxygen atoms in total. The van der Waals surface area contributed by atoms with Crippen molar-refractivity contribution in [2.75, 3.05) is 24.5 Å². The van der Waals surface area contributed by atoms with E-state index >= 15 is 0 Å². The van der Waals surface area contributed by atoms with Crippen molar-refractivity contribution < 1.29 is 4.79 Å². The fraction of sp³-hybridized carbons (Fsp3) is 0.333. The quantitative estimate of drug-likeness (QED) is 0.629. The monoisotopic (exact) mass is 380 g/mol. The Bertz CT molecular complexity index is 1020. The van der Waals surface area contributed by atoms with E-state index in [1.807, 2.05) is 30.2 Å². The first-order chi connectivity index (χ1) is 13.6. The maximum absolute atomic E-state index is 12.3. The highest BCUT2D eigenvalue weighted by atomic mass is 16.2. The predicted octanol–water partition coefficient (Wildman–Crippen LogP) is -0.220. The maximum atomic E-state index is 12.3. The van der Waals surface area contributed by atoms with Gasteiger partial charge < -0.3 is 10.2 Å².